The standard InChI is InChI=1S/C14H28.C12H13N.C11H20S.C10H12O.C7H11N.CH4S/c1-5-8-9-10-11-14(7-3)12-13(4)6-2;1-9-6-11(8-13)4-5-12(9)7-10-2-3-10;1-4-7-9-11(6-3)12-10-8-5-2;1-7-4-5-10(9(3)11)6-8(7)2;1-6-4-3-5-7(2)8-6;1-2/h6,14H,5,7-12H2,1-4H3;4-6,10H,2-3,7H2,1H3;6,8,10H,4-5,7,9H2,1-3H3;4-6H,1-3H3;3-6,8H,1-2H3;2H,1H3/b;;10-8+,11-6-;;;. The SMILES string of the molecule is C/C=C(/CCCC)S/C=C/CC.CC(=O)c1ccc(C)c(C)c1.CC1=CC=CC(C)N1.CC=C(C)CC(CC)CCCCCC.CS.Cc1cc(C#N)ccc1CC1CC1. The summed E-state index contributed by atoms with van der Waals surface area (Å²) in [5.74, 6) is 1.99. The van der Waals surface area contributed by atoms with E-state index in [2.05, 4.69) is 141 Å². The normalized spacial score (nSPS) is 14.7. The first-order valence-electron chi connectivity index (χ1n) is 23.0. The summed E-state index contributed by atoms with van der Waals surface area (Å²) in [5, 5.41) is 14.2. The van der Waals surface area contributed by atoms with Crippen LogP contribution in [0.1, 0.15) is 191 Å². The first kappa shape index (κ1) is 58.9. The lowest BCUT2D eigenvalue weighted by atomic mass is 9.92. The number of rotatable bonds is 17. The Morgan fingerprint density at radius 1 is 0.900 bits per heavy atom. The number of unbranched alkanes of at least 4 members (excludes halogenated alkanes) is 4. The van der Waals surface area contributed by atoms with Crippen LogP contribution in [0.15, 0.2) is 94.4 Å². The van der Waals surface area contributed by atoms with Crippen LogP contribution in [0.25, 0.3) is 0 Å². The first-order valence-corrected chi connectivity index (χ1v) is 24.8. The quantitative estimate of drug-likeness (QED) is 0.0720. The van der Waals surface area contributed by atoms with Crippen LogP contribution in [-0.4, -0.2) is 18.1 Å². The first-order chi connectivity index (χ1) is 28.8. The van der Waals surface area contributed by atoms with E-state index in [0.29, 0.717) is 6.04 Å². The molecule has 1 fully saturated rings. The number of thioether (sulfide) groups is 1. The van der Waals surface area contributed by atoms with E-state index in [1.54, 1.807) is 18.8 Å². The Hall–Kier alpha value is -3.20. The zero-order chi connectivity index (χ0) is 45.7. The second-order valence-corrected chi connectivity index (χ2v) is 17.2. The van der Waals surface area contributed by atoms with Gasteiger partial charge in [-0.25, -0.2) is 0 Å². The predicted molar refractivity (Wildman–Crippen MR) is 276 cm³/mol. The number of thiol groups is 1. The minimum atomic E-state index is 0.133. The van der Waals surface area contributed by atoms with Crippen molar-refractivity contribution in [1.82, 2.24) is 5.32 Å². The number of nitrogens with zero attached hydrogens (tertiary/aromatic N) is 1. The van der Waals surface area contributed by atoms with E-state index in [1.807, 2.05) is 55.9 Å². The molecule has 1 heterocycles. The largest absolute Gasteiger partial charge is 0.383 e. The average Bonchev–Trinajstić information content (AvgIpc) is 4.07. The maximum atomic E-state index is 10.9. The van der Waals surface area contributed by atoms with E-state index in [1.165, 1.54) is 116 Å². The van der Waals surface area contributed by atoms with Crippen molar-refractivity contribution in [2.45, 2.75) is 186 Å². The topological polar surface area (TPSA) is 52.9 Å². The fourth-order valence-electron chi connectivity index (χ4n) is 6.15. The number of nitrogens with one attached hydrogen (secondary N) is 1. The molecule has 0 bridgehead atoms. The number of dihydropyridines is 1. The number of allylic oxidation sites excluding steroid dienone is 8. The molecule has 1 aliphatic heterocycles. The lowest BCUT2D eigenvalue weighted by molar-refractivity contribution is 0.101. The lowest BCUT2D eigenvalue weighted by Gasteiger charge is -2.14. The van der Waals surface area contributed by atoms with Gasteiger partial charge in [-0.2, -0.15) is 17.9 Å². The summed E-state index contributed by atoms with van der Waals surface area (Å²) >= 11 is 5.39. The van der Waals surface area contributed by atoms with Crippen molar-refractivity contribution in [3.8, 4) is 6.07 Å². The van der Waals surface area contributed by atoms with Crippen molar-refractivity contribution in [2.75, 3.05) is 6.26 Å². The second kappa shape index (κ2) is 38.7. The number of carbonyl (C=O) groups excluding carboxylic acids is 1. The summed E-state index contributed by atoms with van der Waals surface area (Å²) in [6, 6.07) is 14.5. The van der Waals surface area contributed by atoms with Gasteiger partial charge in [0.25, 0.3) is 0 Å². The highest BCUT2D eigenvalue weighted by molar-refractivity contribution is 8.05. The maximum Gasteiger partial charge on any atom is 0.159 e. The lowest BCUT2D eigenvalue weighted by Crippen LogP contribution is -2.23. The van der Waals surface area contributed by atoms with Gasteiger partial charge >= 0.3 is 0 Å². The molecule has 2 unspecified atom stereocenters. The smallest absolute Gasteiger partial charge is 0.159 e. The van der Waals surface area contributed by atoms with Crippen molar-refractivity contribution in [2.24, 2.45) is 11.8 Å². The van der Waals surface area contributed by atoms with Gasteiger partial charge in [0, 0.05) is 17.3 Å². The Morgan fingerprint density at radius 3 is 2.05 bits per heavy atom. The Kier molecular flexibility index (Phi) is 38.0. The molecule has 3 nitrogen and oxygen atoms in total. The number of hydrogen-bond acceptors (Lipinski definition) is 5. The van der Waals surface area contributed by atoms with Crippen LogP contribution in [0.2, 0.25) is 0 Å². The van der Waals surface area contributed by atoms with Gasteiger partial charge < -0.3 is 5.32 Å². The zero-order valence-corrected chi connectivity index (χ0v) is 42.6. The van der Waals surface area contributed by atoms with Crippen molar-refractivity contribution in [1.29, 1.82) is 5.26 Å². The minimum absolute atomic E-state index is 0.133. The molecule has 2 aromatic carbocycles. The molecule has 2 atom stereocenters. The molecular weight excluding hydrogens is 769 g/mol. The molecule has 0 aromatic heterocycles. The Balaban J connectivity index is 0. The Bertz CT molecular complexity index is 1620. The molecule has 2 aliphatic rings. The molecule has 4 rings (SSSR count). The molecule has 2 aromatic rings. The third kappa shape index (κ3) is 31.6. The molecule has 5 heteroatoms. The van der Waals surface area contributed by atoms with Gasteiger partial charge in [-0.1, -0.05) is 127 Å². The number of nitriles is 1. The molecule has 336 valence electrons. The monoisotopic (exact) mass is 857 g/mol. The van der Waals surface area contributed by atoms with Gasteiger partial charge in [-0.3, -0.25) is 4.79 Å². The highest BCUT2D eigenvalue weighted by Gasteiger charge is 2.22. The van der Waals surface area contributed by atoms with Crippen LogP contribution in [0.4, 0.5) is 0 Å². The molecule has 0 amide bonds. The summed E-state index contributed by atoms with van der Waals surface area (Å²) in [5.41, 5.74) is 9.48. The molecule has 1 aliphatic carbocycles. The Labute approximate surface area is 381 Å². The van der Waals surface area contributed by atoms with Gasteiger partial charge in [0.1, 0.15) is 0 Å². The number of ketones is 1. The van der Waals surface area contributed by atoms with Crippen molar-refractivity contribution < 1.29 is 4.79 Å². The molecule has 0 saturated heterocycles. The third-order valence-electron chi connectivity index (χ3n) is 10.6. The fraction of sp³-hybridized carbons (Fsp3) is 0.564. The molecule has 60 heavy (non-hydrogen) atoms. The number of aryl methyl sites for hydroxylation is 3. The number of benzene rings is 2. The Morgan fingerprint density at radius 2 is 1.58 bits per heavy atom. The van der Waals surface area contributed by atoms with Gasteiger partial charge in [0.2, 0.25) is 0 Å². The molecular formula is C55H88N2OS2. The molecule has 1 N–H and O–H groups in total. The van der Waals surface area contributed by atoms with E-state index in [4.69, 9.17) is 5.26 Å². The van der Waals surface area contributed by atoms with Crippen LogP contribution < -0.4 is 5.32 Å². The van der Waals surface area contributed by atoms with Crippen LogP contribution in [0.5, 0.6) is 0 Å². The molecule has 0 radical (unpaired) electrons. The van der Waals surface area contributed by atoms with Crippen molar-refractivity contribution >= 4 is 30.2 Å². The van der Waals surface area contributed by atoms with E-state index in [0.717, 1.165) is 29.4 Å². The summed E-state index contributed by atoms with van der Waals surface area (Å²) in [6.07, 6.45) is 33.4. The van der Waals surface area contributed by atoms with Gasteiger partial charge in [-0.05, 0) is 182 Å². The van der Waals surface area contributed by atoms with Crippen LogP contribution in [-0.2, 0) is 6.42 Å². The highest BCUT2D eigenvalue weighted by atomic mass is 32.2. The summed E-state index contributed by atoms with van der Waals surface area (Å²) in [7, 11) is 0. The van der Waals surface area contributed by atoms with E-state index in [-0.39, 0.29) is 5.78 Å². The summed E-state index contributed by atoms with van der Waals surface area (Å²) < 4.78 is 0. The van der Waals surface area contributed by atoms with E-state index in [9.17, 15) is 4.79 Å². The van der Waals surface area contributed by atoms with Crippen LogP contribution >= 0.6 is 24.4 Å². The van der Waals surface area contributed by atoms with Gasteiger partial charge in [0.15, 0.2) is 5.78 Å². The van der Waals surface area contributed by atoms with E-state index < -0.39 is 0 Å². The molecule has 0 spiro atoms. The van der Waals surface area contributed by atoms with Crippen LogP contribution in [0, 0.1) is 43.9 Å². The van der Waals surface area contributed by atoms with Crippen molar-refractivity contribution in [3.63, 3.8) is 0 Å². The minimum Gasteiger partial charge on any atom is -0.383 e. The average molecular weight is 857 g/mol. The van der Waals surface area contributed by atoms with Gasteiger partial charge in [-0.15, -0.1) is 11.8 Å². The summed E-state index contributed by atoms with van der Waals surface area (Å²) in [4.78, 5) is 12.4. The van der Waals surface area contributed by atoms with Crippen LogP contribution in [0.3, 0.4) is 0 Å². The van der Waals surface area contributed by atoms with E-state index >= 15 is 0 Å². The predicted octanol–water partition coefficient (Wildman–Crippen LogP) is 17.4. The second-order valence-electron chi connectivity index (χ2n) is 16.1. The zero-order valence-electron chi connectivity index (χ0n) is 40.8. The number of carbonyl (C=O) groups is 1. The summed E-state index contributed by atoms with van der Waals surface area (Å²) in [6.45, 7) is 27.5. The highest BCUT2D eigenvalue weighted by Crippen LogP contribution is 2.33. The third-order valence-corrected chi connectivity index (χ3v) is 11.7. The van der Waals surface area contributed by atoms with Gasteiger partial charge in [0.05, 0.1) is 11.6 Å². The fourth-order valence-corrected chi connectivity index (χ4v) is 7.01. The molecule has 1 saturated carbocycles. The van der Waals surface area contributed by atoms with Crippen molar-refractivity contribution in [3.05, 3.63) is 128 Å². The number of hydrogen-bond donors (Lipinski definition) is 2. The maximum absolute atomic E-state index is 10.9. The number of Topliss-reactive ketones (excluding diaryl/α,β-unsaturated/α-hetero) is 1.